The van der Waals surface area contributed by atoms with Gasteiger partial charge >= 0.3 is 0 Å². The SMILES string of the molecule is Cc1ccoc1C(=O)NCC1CCC(Cl)C1. The van der Waals surface area contributed by atoms with E-state index in [1.54, 1.807) is 6.07 Å². The number of halogens is 1. The number of rotatable bonds is 3. The maximum atomic E-state index is 11.7. The summed E-state index contributed by atoms with van der Waals surface area (Å²) in [6.07, 6.45) is 4.70. The third-order valence-corrected chi connectivity index (χ3v) is 3.49. The van der Waals surface area contributed by atoms with E-state index in [2.05, 4.69) is 5.32 Å². The molecule has 3 nitrogen and oxygen atoms in total. The third-order valence-electron chi connectivity index (χ3n) is 3.10. The zero-order chi connectivity index (χ0) is 11.5. The highest BCUT2D eigenvalue weighted by Gasteiger charge is 2.23. The number of furan rings is 1. The molecule has 0 radical (unpaired) electrons. The van der Waals surface area contributed by atoms with Crippen molar-refractivity contribution in [1.29, 1.82) is 0 Å². The van der Waals surface area contributed by atoms with Crippen molar-refractivity contribution < 1.29 is 9.21 Å². The van der Waals surface area contributed by atoms with Gasteiger partial charge in [0.1, 0.15) is 0 Å². The molecule has 1 aliphatic rings. The van der Waals surface area contributed by atoms with Crippen molar-refractivity contribution in [1.82, 2.24) is 5.32 Å². The molecule has 0 bridgehead atoms. The van der Waals surface area contributed by atoms with E-state index in [-0.39, 0.29) is 11.3 Å². The molecule has 4 heteroatoms. The van der Waals surface area contributed by atoms with Crippen molar-refractivity contribution in [3.8, 4) is 0 Å². The van der Waals surface area contributed by atoms with Gasteiger partial charge < -0.3 is 9.73 Å². The van der Waals surface area contributed by atoms with Gasteiger partial charge in [0.25, 0.3) is 5.91 Å². The molecule has 0 spiro atoms. The summed E-state index contributed by atoms with van der Waals surface area (Å²) < 4.78 is 5.12. The smallest absolute Gasteiger partial charge is 0.287 e. The molecule has 1 amide bonds. The van der Waals surface area contributed by atoms with E-state index < -0.39 is 0 Å². The maximum absolute atomic E-state index is 11.7. The molecule has 1 fully saturated rings. The second kappa shape index (κ2) is 4.91. The Morgan fingerprint density at radius 2 is 2.44 bits per heavy atom. The summed E-state index contributed by atoms with van der Waals surface area (Å²) in [7, 11) is 0. The summed E-state index contributed by atoms with van der Waals surface area (Å²) in [5, 5.41) is 3.18. The lowest BCUT2D eigenvalue weighted by molar-refractivity contribution is 0.0919. The van der Waals surface area contributed by atoms with Gasteiger partial charge in [-0.15, -0.1) is 11.6 Å². The predicted molar refractivity (Wildman–Crippen MR) is 62.8 cm³/mol. The standard InChI is InChI=1S/C12H16ClNO2/c1-8-4-5-16-11(8)12(15)14-7-9-2-3-10(13)6-9/h4-5,9-10H,2-3,6-7H2,1H3,(H,14,15). The van der Waals surface area contributed by atoms with E-state index in [4.69, 9.17) is 16.0 Å². The molecule has 88 valence electrons. The molecule has 0 aromatic carbocycles. The fraction of sp³-hybridized carbons (Fsp3) is 0.583. The first-order chi connectivity index (χ1) is 7.66. The van der Waals surface area contributed by atoms with Crippen LogP contribution in [0.2, 0.25) is 0 Å². The van der Waals surface area contributed by atoms with Crippen LogP contribution in [-0.2, 0) is 0 Å². The molecule has 0 saturated heterocycles. The summed E-state index contributed by atoms with van der Waals surface area (Å²) in [4.78, 5) is 11.7. The molecular weight excluding hydrogens is 226 g/mol. The fourth-order valence-corrected chi connectivity index (χ4v) is 2.50. The lowest BCUT2D eigenvalue weighted by atomic mass is 10.1. The van der Waals surface area contributed by atoms with Crippen LogP contribution in [-0.4, -0.2) is 17.8 Å². The Hall–Kier alpha value is -0.960. The van der Waals surface area contributed by atoms with Crippen molar-refractivity contribution in [3.05, 3.63) is 23.7 Å². The van der Waals surface area contributed by atoms with Gasteiger partial charge in [-0.2, -0.15) is 0 Å². The van der Waals surface area contributed by atoms with Gasteiger partial charge in [-0.25, -0.2) is 0 Å². The number of alkyl halides is 1. The average molecular weight is 242 g/mol. The van der Waals surface area contributed by atoms with Crippen LogP contribution in [0.15, 0.2) is 16.7 Å². The van der Waals surface area contributed by atoms with Gasteiger partial charge in [0.2, 0.25) is 0 Å². The van der Waals surface area contributed by atoms with Gasteiger partial charge in [0, 0.05) is 17.5 Å². The molecule has 1 heterocycles. The van der Waals surface area contributed by atoms with Gasteiger partial charge in [-0.3, -0.25) is 4.79 Å². The summed E-state index contributed by atoms with van der Waals surface area (Å²) in [6.45, 7) is 2.56. The number of hydrogen-bond donors (Lipinski definition) is 1. The van der Waals surface area contributed by atoms with Crippen LogP contribution in [0.25, 0.3) is 0 Å². The lowest BCUT2D eigenvalue weighted by Crippen LogP contribution is -2.28. The monoisotopic (exact) mass is 241 g/mol. The van der Waals surface area contributed by atoms with E-state index in [9.17, 15) is 4.79 Å². The van der Waals surface area contributed by atoms with Crippen LogP contribution in [0, 0.1) is 12.8 Å². The average Bonchev–Trinajstić information content (AvgIpc) is 2.84. The second-order valence-corrected chi connectivity index (χ2v) is 5.04. The number of carbonyl (C=O) groups is 1. The highest BCUT2D eigenvalue weighted by molar-refractivity contribution is 6.20. The molecule has 2 atom stereocenters. The number of amides is 1. The molecule has 2 unspecified atom stereocenters. The summed E-state index contributed by atoms with van der Waals surface area (Å²) in [5.74, 6) is 0.808. The first kappa shape index (κ1) is 11.5. The highest BCUT2D eigenvalue weighted by atomic mass is 35.5. The highest BCUT2D eigenvalue weighted by Crippen LogP contribution is 2.28. The molecule has 1 aromatic rings. The molecule has 1 saturated carbocycles. The number of nitrogens with one attached hydrogen (secondary N) is 1. The van der Waals surface area contributed by atoms with Crippen LogP contribution in [0.3, 0.4) is 0 Å². The molecular formula is C12H16ClNO2. The maximum Gasteiger partial charge on any atom is 0.287 e. The topological polar surface area (TPSA) is 42.2 Å². The molecule has 16 heavy (non-hydrogen) atoms. The zero-order valence-electron chi connectivity index (χ0n) is 9.33. The number of aryl methyl sites for hydroxylation is 1. The van der Waals surface area contributed by atoms with E-state index in [1.165, 1.54) is 6.26 Å². The zero-order valence-corrected chi connectivity index (χ0v) is 10.1. The Labute approximate surface area is 100 Å². The molecule has 1 N–H and O–H groups in total. The van der Waals surface area contributed by atoms with E-state index in [1.807, 2.05) is 6.92 Å². The van der Waals surface area contributed by atoms with Crippen molar-refractivity contribution in [2.45, 2.75) is 31.6 Å². The summed E-state index contributed by atoms with van der Waals surface area (Å²) in [5.41, 5.74) is 0.874. The Kier molecular flexibility index (Phi) is 3.54. The minimum Gasteiger partial charge on any atom is -0.459 e. The normalized spacial score (nSPS) is 24.6. The Bertz CT molecular complexity index is 375. The first-order valence-corrected chi connectivity index (χ1v) is 6.07. The fourth-order valence-electron chi connectivity index (χ4n) is 2.12. The lowest BCUT2D eigenvalue weighted by Gasteiger charge is -2.09. The quantitative estimate of drug-likeness (QED) is 0.827. The number of hydrogen-bond acceptors (Lipinski definition) is 2. The number of carbonyl (C=O) groups excluding carboxylic acids is 1. The minimum atomic E-state index is -0.125. The van der Waals surface area contributed by atoms with Crippen LogP contribution in [0.1, 0.15) is 35.4 Å². The van der Waals surface area contributed by atoms with Gasteiger partial charge in [-0.05, 0) is 38.2 Å². The van der Waals surface area contributed by atoms with Gasteiger partial charge in [-0.1, -0.05) is 0 Å². The Balaban J connectivity index is 1.82. The van der Waals surface area contributed by atoms with Crippen LogP contribution in [0.4, 0.5) is 0 Å². The summed E-state index contributed by atoms with van der Waals surface area (Å²) >= 11 is 6.02. The van der Waals surface area contributed by atoms with E-state index in [0.29, 0.717) is 18.2 Å². The largest absolute Gasteiger partial charge is 0.459 e. The third kappa shape index (κ3) is 2.59. The molecule has 2 rings (SSSR count). The van der Waals surface area contributed by atoms with Crippen molar-refractivity contribution in [2.75, 3.05) is 6.54 Å². The second-order valence-electron chi connectivity index (χ2n) is 4.42. The van der Waals surface area contributed by atoms with E-state index >= 15 is 0 Å². The predicted octanol–water partition coefficient (Wildman–Crippen LogP) is 2.73. The van der Waals surface area contributed by atoms with Gasteiger partial charge in [0.15, 0.2) is 5.76 Å². The Morgan fingerprint density at radius 1 is 1.62 bits per heavy atom. The van der Waals surface area contributed by atoms with E-state index in [0.717, 1.165) is 24.8 Å². The minimum absolute atomic E-state index is 0.125. The van der Waals surface area contributed by atoms with Crippen molar-refractivity contribution in [2.24, 2.45) is 5.92 Å². The van der Waals surface area contributed by atoms with Crippen LogP contribution < -0.4 is 5.32 Å². The van der Waals surface area contributed by atoms with Crippen molar-refractivity contribution in [3.63, 3.8) is 0 Å². The molecule has 1 aliphatic carbocycles. The van der Waals surface area contributed by atoms with Gasteiger partial charge in [0.05, 0.1) is 6.26 Å². The van der Waals surface area contributed by atoms with Crippen LogP contribution >= 0.6 is 11.6 Å². The van der Waals surface area contributed by atoms with Crippen molar-refractivity contribution >= 4 is 17.5 Å². The molecule has 0 aliphatic heterocycles. The molecule has 1 aromatic heterocycles. The van der Waals surface area contributed by atoms with Crippen LogP contribution in [0.5, 0.6) is 0 Å². The summed E-state index contributed by atoms with van der Waals surface area (Å²) in [6, 6.07) is 1.79. The first-order valence-electron chi connectivity index (χ1n) is 5.63. The Morgan fingerprint density at radius 3 is 3.00 bits per heavy atom.